The van der Waals surface area contributed by atoms with Crippen molar-refractivity contribution in [1.82, 2.24) is 0 Å². The summed E-state index contributed by atoms with van der Waals surface area (Å²) in [5, 5.41) is 0. The maximum atomic E-state index is 11.6. The molecule has 2 N–H and O–H groups in total. The maximum Gasteiger partial charge on any atom is 0.325 e. The second-order valence-electron chi connectivity index (χ2n) is 9.15. The SMILES string of the molecule is CC(=O)O[C@H]1[C@H](C)[C@H](C)[C@@H](Oc2ccc(C#C[Si](C)(C)C)cc2)O[C@@H]1CCP(=O)(O)O. The van der Waals surface area contributed by atoms with Gasteiger partial charge in [0.25, 0.3) is 0 Å². The summed E-state index contributed by atoms with van der Waals surface area (Å²) < 4.78 is 28.9. The van der Waals surface area contributed by atoms with E-state index >= 15 is 0 Å². The van der Waals surface area contributed by atoms with Crippen molar-refractivity contribution < 1.29 is 33.4 Å². The smallest absolute Gasteiger partial charge is 0.325 e. The molecule has 0 aliphatic carbocycles. The van der Waals surface area contributed by atoms with Crippen molar-refractivity contribution in [3.8, 4) is 17.2 Å². The van der Waals surface area contributed by atoms with Gasteiger partial charge in [0.15, 0.2) is 0 Å². The fourth-order valence-corrected chi connectivity index (χ4v) is 4.42. The van der Waals surface area contributed by atoms with Crippen molar-refractivity contribution in [2.75, 3.05) is 6.16 Å². The van der Waals surface area contributed by atoms with E-state index in [0.29, 0.717) is 5.75 Å². The Labute approximate surface area is 185 Å². The summed E-state index contributed by atoms with van der Waals surface area (Å²) >= 11 is 0. The number of hydrogen-bond acceptors (Lipinski definition) is 5. The Balaban J connectivity index is 2.15. The summed E-state index contributed by atoms with van der Waals surface area (Å²) in [6.07, 6.45) is -2.20. The Morgan fingerprint density at radius 2 is 1.77 bits per heavy atom. The van der Waals surface area contributed by atoms with Gasteiger partial charge in [-0.1, -0.05) is 39.4 Å². The first-order chi connectivity index (χ1) is 14.2. The molecule has 0 aromatic heterocycles. The highest BCUT2D eigenvalue weighted by Crippen LogP contribution is 2.40. The first-order valence-corrected chi connectivity index (χ1v) is 15.7. The van der Waals surface area contributed by atoms with E-state index in [2.05, 4.69) is 31.1 Å². The highest BCUT2D eigenvalue weighted by Gasteiger charge is 2.44. The highest BCUT2D eigenvalue weighted by atomic mass is 31.2. The molecule has 31 heavy (non-hydrogen) atoms. The Hall–Kier alpha value is -1.62. The van der Waals surface area contributed by atoms with Gasteiger partial charge in [-0.2, -0.15) is 0 Å². The Kier molecular flexibility index (Phi) is 8.54. The minimum absolute atomic E-state index is 0.0599. The Morgan fingerprint density at radius 1 is 1.16 bits per heavy atom. The third-order valence-corrected chi connectivity index (χ3v) is 6.86. The molecule has 9 heteroatoms. The highest BCUT2D eigenvalue weighted by molar-refractivity contribution is 7.51. The first-order valence-electron chi connectivity index (χ1n) is 10.4. The number of esters is 1. The van der Waals surface area contributed by atoms with Crippen LogP contribution in [-0.4, -0.2) is 48.5 Å². The van der Waals surface area contributed by atoms with E-state index in [-0.39, 0.29) is 24.4 Å². The minimum Gasteiger partial charge on any atom is -0.465 e. The fourth-order valence-electron chi connectivity index (χ4n) is 3.31. The molecule has 1 aliphatic heterocycles. The van der Waals surface area contributed by atoms with Crippen LogP contribution in [0.4, 0.5) is 0 Å². The van der Waals surface area contributed by atoms with Crippen molar-refractivity contribution in [3.63, 3.8) is 0 Å². The number of carbonyl (C=O) groups is 1. The lowest BCUT2D eigenvalue weighted by molar-refractivity contribution is -0.239. The van der Waals surface area contributed by atoms with Crippen molar-refractivity contribution in [1.29, 1.82) is 0 Å². The van der Waals surface area contributed by atoms with Crippen molar-refractivity contribution >= 4 is 21.6 Å². The summed E-state index contributed by atoms with van der Waals surface area (Å²) in [5.41, 5.74) is 4.23. The molecule has 0 spiro atoms. The molecule has 1 fully saturated rings. The molecule has 7 nitrogen and oxygen atoms in total. The van der Waals surface area contributed by atoms with E-state index in [1.54, 1.807) is 0 Å². The van der Waals surface area contributed by atoms with Gasteiger partial charge in [-0.3, -0.25) is 9.36 Å². The van der Waals surface area contributed by atoms with E-state index in [1.165, 1.54) is 6.92 Å². The van der Waals surface area contributed by atoms with E-state index < -0.39 is 40.1 Å². The summed E-state index contributed by atoms with van der Waals surface area (Å²) in [6, 6.07) is 7.45. The molecule has 1 aromatic rings. The second kappa shape index (κ2) is 10.3. The van der Waals surface area contributed by atoms with Crippen LogP contribution < -0.4 is 4.74 Å². The summed E-state index contributed by atoms with van der Waals surface area (Å²) in [7, 11) is -5.67. The molecule has 0 amide bonds. The number of carbonyl (C=O) groups excluding carboxylic acids is 1. The lowest BCUT2D eigenvalue weighted by Gasteiger charge is -2.43. The third-order valence-electron chi connectivity index (χ3n) is 5.15. The Morgan fingerprint density at radius 3 is 2.29 bits per heavy atom. The molecule has 2 rings (SSSR count). The number of benzene rings is 1. The quantitative estimate of drug-likeness (QED) is 0.283. The van der Waals surface area contributed by atoms with Crippen LogP contribution in [0.2, 0.25) is 19.6 Å². The van der Waals surface area contributed by atoms with Crippen molar-refractivity contribution in [3.05, 3.63) is 29.8 Å². The monoisotopic (exact) mass is 468 g/mol. The number of rotatable bonds is 6. The molecular weight excluding hydrogens is 435 g/mol. The predicted octanol–water partition coefficient (Wildman–Crippen LogP) is 3.79. The van der Waals surface area contributed by atoms with Crippen LogP contribution in [0, 0.1) is 23.3 Å². The van der Waals surface area contributed by atoms with Crippen LogP contribution in [-0.2, 0) is 18.8 Å². The first kappa shape index (κ1) is 25.6. The fraction of sp³-hybridized carbons (Fsp3) is 0.591. The van der Waals surface area contributed by atoms with Gasteiger partial charge in [0.2, 0.25) is 6.29 Å². The normalized spacial score (nSPS) is 26.5. The van der Waals surface area contributed by atoms with E-state index in [4.69, 9.17) is 14.2 Å². The van der Waals surface area contributed by atoms with E-state index in [1.807, 2.05) is 38.1 Å². The second-order valence-corrected chi connectivity index (χ2v) is 15.7. The number of hydrogen-bond donors (Lipinski definition) is 2. The minimum atomic E-state index is -4.21. The van der Waals surface area contributed by atoms with Crippen LogP contribution in [0.1, 0.15) is 32.8 Å². The molecule has 0 saturated carbocycles. The topological polar surface area (TPSA) is 102 Å². The molecule has 1 aliphatic rings. The molecule has 5 atom stereocenters. The van der Waals surface area contributed by atoms with Crippen LogP contribution >= 0.6 is 7.60 Å². The van der Waals surface area contributed by atoms with Crippen LogP contribution in [0.5, 0.6) is 5.75 Å². The van der Waals surface area contributed by atoms with Crippen LogP contribution in [0.15, 0.2) is 24.3 Å². The maximum absolute atomic E-state index is 11.6. The zero-order valence-corrected chi connectivity index (χ0v) is 20.9. The van der Waals surface area contributed by atoms with Gasteiger partial charge in [0.1, 0.15) is 19.9 Å². The summed E-state index contributed by atoms with van der Waals surface area (Å²) in [4.78, 5) is 30.1. The van der Waals surface area contributed by atoms with Crippen LogP contribution in [0.3, 0.4) is 0 Å². The molecule has 172 valence electrons. The van der Waals surface area contributed by atoms with Crippen molar-refractivity contribution in [2.24, 2.45) is 11.8 Å². The van der Waals surface area contributed by atoms with Crippen LogP contribution in [0.25, 0.3) is 0 Å². The van der Waals surface area contributed by atoms with Gasteiger partial charge in [0.05, 0.1) is 12.3 Å². The average Bonchev–Trinajstić information content (AvgIpc) is 2.64. The van der Waals surface area contributed by atoms with Gasteiger partial charge in [0, 0.05) is 24.3 Å². The predicted molar refractivity (Wildman–Crippen MR) is 121 cm³/mol. The average molecular weight is 469 g/mol. The summed E-state index contributed by atoms with van der Waals surface area (Å²) in [6.45, 7) is 11.7. The molecule has 1 saturated heterocycles. The zero-order valence-electron chi connectivity index (χ0n) is 19.0. The molecule has 0 bridgehead atoms. The van der Waals surface area contributed by atoms with E-state index in [9.17, 15) is 19.1 Å². The van der Waals surface area contributed by atoms with Gasteiger partial charge < -0.3 is 24.0 Å². The molecule has 1 heterocycles. The van der Waals surface area contributed by atoms with E-state index in [0.717, 1.165) is 5.56 Å². The summed E-state index contributed by atoms with van der Waals surface area (Å²) in [5.74, 6) is 3.13. The lowest BCUT2D eigenvalue weighted by Crippen LogP contribution is -2.52. The lowest BCUT2D eigenvalue weighted by atomic mass is 9.83. The van der Waals surface area contributed by atoms with Gasteiger partial charge in [-0.15, -0.1) is 5.54 Å². The molecule has 0 radical (unpaired) electrons. The molecule has 1 aromatic carbocycles. The van der Waals surface area contributed by atoms with Gasteiger partial charge >= 0.3 is 13.6 Å². The third kappa shape index (κ3) is 8.44. The van der Waals surface area contributed by atoms with Crippen molar-refractivity contribution in [2.45, 2.75) is 65.3 Å². The molecular formula is C22H33O7PSi. The van der Waals surface area contributed by atoms with Gasteiger partial charge in [-0.05, 0) is 30.7 Å². The Bertz CT molecular complexity index is 863. The van der Waals surface area contributed by atoms with Gasteiger partial charge in [-0.25, -0.2) is 0 Å². The largest absolute Gasteiger partial charge is 0.465 e. The standard InChI is InChI=1S/C22H33O7PSi/c1-15-16(2)22(28-19-9-7-18(8-10-19)12-14-31(4,5)6)29-20(11-13-30(24,25)26)21(15)27-17(3)23/h7-10,15-16,20-22H,11,13H2,1-6H3,(H2,24,25,26)/t15-,16+,20-,21+,22+/m1/s1. The zero-order chi connectivity index (χ0) is 23.4. The molecule has 0 unspecified atom stereocenters. The number of ether oxygens (including phenoxy) is 3.